The van der Waals surface area contributed by atoms with Crippen LogP contribution in [-0.4, -0.2) is 0 Å². The van der Waals surface area contributed by atoms with Gasteiger partial charge < -0.3 is 0 Å². The summed E-state index contributed by atoms with van der Waals surface area (Å²) in [5.41, 5.74) is 1.08. The number of alkyl halides is 4. The molecule has 0 spiro atoms. The molecule has 2 aromatic carbocycles. The fourth-order valence-electron chi connectivity index (χ4n) is 1.86. The first-order valence-electron chi connectivity index (χ1n) is 6.02. The van der Waals surface area contributed by atoms with Crippen molar-refractivity contribution in [3.63, 3.8) is 0 Å². The number of rotatable bonds is 3. The van der Waals surface area contributed by atoms with Gasteiger partial charge in [-0.1, -0.05) is 57.3 Å². The largest absolute Gasteiger partial charge is 0.416 e. The van der Waals surface area contributed by atoms with E-state index < -0.39 is 11.7 Å². The van der Waals surface area contributed by atoms with Crippen molar-refractivity contribution in [3.05, 3.63) is 69.2 Å². The van der Waals surface area contributed by atoms with E-state index in [4.69, 9.17) is 23.2 Å². The van der Waals surface area contributed by atoms with Gasteiger partial charge in [-0.3, -0.25) is 0 Å². The van der Waals surface area contributed by atoms with E-state index in [0.29, 0.717) is 16.5 Å². The molecule has 0 aromatic heterocycles. The Labute approximate surface area is 139 Å². The maximum absolute atomic E-state index is 12.5. The predicted molar refractivity (Wildman–Crippen MR) is 83.3 cm³/mol. The van der Waals surface area contributed by atoms with E-state index >= 15 is 0 Å². The zero-order valence-corrected chi connectivity index (χ0v) is 13.7. The number of hydrogen-bond acceptors (Lipinski definition) is 0. The molecule has 2 aromatic rings. The number of benzene rings is 2. The lowest BCUT2D eigenvalue weighted by Crippen LogP contribution is -2.05. The number of hydrogen-bond donors (Lipinski definition) is 0. The highest BCUT2D eigenvalue weighted by molar-refractivity contribution is 9.09. The zero-order chi connectivity index (χ0) is 15.6. The molecule has 0 N–H and O–H groups in total. The molecule has 1 unspecified atom stereocenters. The molecule has 21 heavy (non-hydrogen) atoms. The molecular formula is C15H10BrCl2F3. The first kappa shape index (κ1) is 16.7. The van der Waals surface area contributed by atoms with Gasteiger partial charge in [-0.2, -0.15) is 13.2 Å². The molecule has 0 aliphatic carbocycles. The van der Waals surface area contributed by atoms with Gasteiger partial charge in [0.05, 0.1) is 15.6 Å². The van der Waals surface area contributed by atoms with E-state index in [-0.39, 0.29) is 4.83 Å². The molecule has 0 aliphatic heterocycles. The molecule has 6 heteroatoms. The average Bonchev–Trinajstić information content (AvgIpc) is 2.41. The van der Waals surface area contributed by atoms with Crippen LogP contribution in [0.1, 0.15) is 21.5 Å². The average molecular weight is 398 g/mol. The molecule has 1 atom stereocenters. The summed E-state index contributed by atoms with van der Waals surface area (Å²) in [6, 6.07) is 10.4. The standard InChI is InChI=1S/C15H10BrCl2F3/c16-12(10-3-6-13(17)14(18)8-10)7-9-1-4-11(5-2-9)15(19,20)21/h1-6,8,12H,7H2. The molecule has 0 nitrogen and oxygen atoms in total. The van der Waals surface area contributed by atoms with Crippen LogP contribution < -0.4 is 0 Å². The van der Waals surface area contributed by atoms with Crippen LogP contribution in [-0.2, 0) is 12.6 Å². The third-order valence-corrected chi connectivity index (χ3v) is 4.59. The Balaban J connectivity index is 2.12. The van der Waals surface area contributed by atoms with Gasteiger partial charge in [-0.15, -0.1) is 0 Å². The molecule has 0 radical (unpaired) electrons. The van der Waals surface area contributed by atoms with Crippen molar-refractivity contribution >= 4 is 39.1 Å². The lowest BCUT2D eigenvalue weighted by atomic mass is 10.0. The molecule has 2 rings (SSSR count). The van der Waals surface area contributed by atoms with E-state index in [1.807, 2.05) is 6.07 Å². The summed E-state index contributed by atoms with van der Waals surface area (Å²) in [7, 11) is 0. The Morgan fingerprint density at radius 2 is 1.57 bits per heavy atom. The van der Waals surface area contributed by atoms with Gasteiger partial charge in [0.15, 0.2) is 0 Å². The first-order valence-corrected chi connectivity index (χ1v) is 7.69. The minimum Gasteiger partial charge on any atom is -0.166 e. The van der Waals surface area contributed by atoms with Crippen molar-refractivity contribution in [2.75, 3.05) is 0 Å². The van der Waals surface area contributed by atoms with Crippen LogP contribution in [0.4, 0.5) is 13.2 Å². The van der Waals surface area contributed by atoms with E-state index in [1.165, 1.54) is 12.1 Å². The molecule has 0 aliphatic rings. The van der Waals surface area contributed by atoms with E-state index in [1.54, 1.807) is 12.1 Å². The predicted octanol–water partition coefficient (Wildman–Crippen LogP) is 6.69. The van der Waals surface area contributed by atoms with Crippen LogP contribution in [0.3, 0.4) is 0 Å². The molecule has 0 bridgehead atoms. The summed E-state index contributed by atoms with van der Waals surface area (Å²) in [5.74, 6) is 0. The Hall–Kier alpha value is -0.710. The van der Waals surface area contributed by atoms with Gasteiger partial charge in [0, 0.05) is 4.83 Å². The Kier molecular flexibility index (Phi) is 5.23. The first-order chi connectivity index (χ1) is 9.77. The quantitative estimate of drug-likeness (QED) is 0.506. The molecule has 0 saturated carbocycles. The summed E-state index contributed by atoms with van der Waals surface area (Å²) >= 11 is 15.3. The maximum atomic E-state index is 12.5. The summed E-state index contributed by atoms with van der Waals surface area (Å²) in [6.45, 7) is 0. The Bertz CT molecular complexity index is 624. The van der Waals surface area contributed by atoms with Gasteiger partial charge in [0.25, 0.3) is 0 Å². The number of halogens is 6. The molecule has 0 fully saturated rings. The second-order valence-corrected chi connectivity index (χ2v) is 6.46. The topological polar surface area (TPSA) is 0 Å². The van der Waals surface area contributed by atoms with Gasteiger partial charge in [0.2, 0.25) is 0 Å². The Morgan fingerprint density at radius 1 is 0.952 bits per heavy atom. The van der Waals surface area contributed by atoms with Crippen LogP contribution >= 0.6 is 39.1 Å². The minimum absolute atomic E-state index is 0.0518. The van der Waals surface area contributed by atoms with Crippen LogP contribution in [0.5, 0.6) is 0 Å². The van der Waals surface area contributed by atoms with E-state index in [2.05, 4.69) is 15.9 Å². The lowest BCUT2D eigenvalue weighted by molar-refractivity contribution is -0.137. The van der Waals surface area contributed by atoms with E-state index in [9.17, 15) is 13.2 Å². The fraction of sp³-hybridized carbons (Fsp3) is 0.200. The molecule has 0 saturated heterocycles. The normalized spacial score (nSPS) is 13.2. The van der Waals surface area contributed by atoms with Crippen LogP contribution in [0.25, 0.3) is 0 Å². The van der Waals surface area contributed by atoms with Crippen molar-refractivity contribution < 1.29 is 13.2 Å². The van der Waals surface area contributed by atoms with Crippen molar-refractivity contribution in [2.24, 2.45) is 0 Å². The van der Waals surface area contributed by atoms with Gasteiger partial charge in [-0.25, -0.2) is 0 Å². The van der Waals surface area contributed by atoms with Gasteiger partial charge in [-0.05, 0) is 41.8 Å². The van der Waals surface area contributed by atoms with Crippen LogP contribution in [0.15, 0.2) is 42.5 Å². The maximum Gasteiger partial charge on any atom is 0.416 e. The molecule has 0 heterocycles. The zero-order valence-electron chi connectivity index (χ0n) is 10.6. The summed E-state index contributed by atoms with van der Waals surface area (Å²) in [6.07, 6.45) is -3.76. The third-order valence-electron chi connectivity index (χ3n) is 3.00. The molecule has 0 amide bonds. The molecule has 112 valence electrons. The summed E-state index contributed by atoms with van der Waals surface area (Å²) in [4.78, 5) is -0.0518. The second kappa shape index (κ2) is 6.59. The smallest absolute Gasteiger partial charge is 0.166 e. The highest BCUT2D eigenvalue weighted by atomic mass is 79.9. The summed E-state index contributed by atoms with van der Waals surface area (Å²) < 4.78 is 37.5. The van der Waals surface area contributed by atoms with Crippen molar-refractivity contribution in [2.45, 2.75) is 17.4 Å². The van der Waals surface area contributed by atoms with Gasteiger partial charge >= 0.3 is 6.18 Å². The summed E-state index contributed by atoms with van der Waals surface area (Å²) in [5, 5.41) is 0.917. The third kappa shape index (κ3) is 4.38. The van der Waals surface area contributed by atoms with Crippen molar-refractivity contribution in [3.8, 4) is 0 Å². The monoisotopic (exact) mass is 396 g/mol. The fourth-order valence-corrected chi connectivity index (χ4v) is 2.83. The van der Waals surface area contributed by atoms with Crippen LogP contribution in [0.2, 0.25) is 10.0 Å². The van der Waals surface area contributed by atoms with Crippen LogP contribution in [0, 0.1) is 0 Å². The highest BCUT2D eigenvalue weighted by Gasteiger charge is 2.29. The van der Waals surface area contributed by atoms with Gasteiger partial charge in [0.1, 0.15) is 0 Å². The molecular weight excluding hydrogens is 388 g/mol. The Morgan fingerprint density at radius 3 is 2.10 bits per heavy atom. The van der Waals surface area contributed by atoms with E-state index in [0.717, 1.165) is 23.3 Å². The minimum atomic E-state index is -4.31. The lowest BCUT2D eigenvalue weighted by Gasteiger charge is -2.12. The highest BCUT2D eigenvalue weighted by Crippen LogP contribution is 2.33. The van der Waals surface area contributed by atoms with Crippen molar-refractivity contribution in [1.29, 1.82) is 0 Å². The van der Waals surface area contributed by atoms with Crippen molar-refractivity contribution in [1.82, 2.24) is 0 Å². The second-order valence-electron chi connectivity index (χ2n) is 4.54. The SMILES string of the molecule is FC(F)(F)c1ccc(CC(Br)c2ccc(Cl)c(Cl)c2)cc1.